The fraction of sp³-hybridized carbons (Fsp3) is 0.538. The molecule has 1 unspecified atom stereocenters. The summed E-state index contributed by atoms with van der Waals surface area (Å²) in [6, 6.07) is 5.46. The van der Waals surface area contributed by atoms with E-state index >= 15 is 0 Å². The number of benzene rings is 1. The molecule has 0 amide bonds. The van der Waals surface area contributed by atoms with Gasteiger partial charge in [-0.05, 0) is 24.7 Å². The maximum absolute atomic E-state index is 5.95. The van der Waals surface area contributed by atoms with Crippen LogP contribution in [-0.4, -0.2) is 43.8 Å². The molecule has 1 saturated heterocycles. The molecule has 0 aliphatic carbocycles. The van der Waals surface area contributed by atoms with E-state index in [1.807, 2.05) is 12.1 Å². The van der Waals surface area contributed by atoms with E-state index in [4.69, 9.17) is 27.9 Å². The van der Waals surface area contributed by atoms with Gasteiger partial charge in [-0.2, -0.15) is 0 Å². The van der Waals surface area contributed by atoms with Crippen LogP contribution < -0.4 is 5.32 Å². The summed E-state index contributed by atoms with van der Waals surface area (Å²) in [5.74, 6) is 0. The standard InChI is InChI=1S/C13H18Cl2N2O/c1-2-17-3-4-18-13(9-17)8-16-12-6-10(14)5-11(15)7-12/h5-7,13,16H,2-4,8-9H2,1H3. The Morgan fingerprint density at radius 2 is 2.06 bits per heavy atom. The van der Waals surface area contributed by atoms with Gasteiger partial charge in [-0.1, -0.05) is 30.1 Å². The number of likely N-dealkylation sites (N-methyl/N-ethyl adjacent to an activating group) is 1. The Bertz CT molecular complexity index is 380. The van der Waals surface area contributed by atoms with Gasteiger partial charge in [0.1, 0.15) is 0 Å². The van der Waals surface area contributed by atoms with E-state index in [1.165, 1.54) is 0 Å². The lowest BCUT2D eigenvalue weighted by molar-refractivity contribution is -0.0191. The van der Waals surface area contributed by atoms with Gasteiger partial charge in [0.05, 0.1) is 12.7 Å². The first kappa shape index (κ1) is 13.9. The zero-order chi connectivity index (χ0) is 13.0. The van der Waals surface area contributed by atoms with E-state index in [-0.39, 0.29) is 6.10 Å². The van der Waals surface area contributed by atoms with Crippen molar-refractivity contribution in [2.45, 2.75) is 13.0 Å². The summed E-state index contributed by atoms with van der Waals surface area (Å²) in [7, 11) is 0. The fourth-order valence-electron chi connectivity index (χ4n) is 2.08. The van der Waals surface area contributed by atoms with Crippen LogP contribution in [0.2, 0.25) is 10.0 Å². The molecule has 1 aliphatic rings. The summed E-state index contributed by atoms with van der Waals surface area (Å²) in [5.41, 5.74) is 0.935. The lowest BCUT2D eigenvalue weighted by Gasteiger charge is -2.32. The molecule has 0 aromatic heterocycles. The van der Waals surface area contributed by atoms with Crippen molar-refractivity contribution in [1.82, 2.24) is 4.90 Å². The van der Waals surface area contributed by atoms with Crippen LogP contribution >= 0.6 is 23.2 Å². The number of hydrogen-bond acceptors (Lipinski definition) is 3. The van der Waals surface area contributed by atoms with Crippen LogP contribution in [0.3, 0.4) is 0 Å². The van der Waals surface area contributed by atoms with Gasteiger partial charge in [-0.3, -0.25) is 4.90 Å². The lowest BCUT2D eigenvalue weighted by atomic mass is 10.2. The van der Waals surface area contributed by atoms with Gasteiger partial charge in [0.15, 0.2) is 0 Å². The molecule has 1 atom stereocenters. The van der Waals surface area contributed by atoms with E-state index in [9.17, 15) is 0 Å². The van der Waals surface area contributed by atoms with Crippen molar-refractivity contribution in [3.05, 3.63) is 28.2 Å². The van der Waals surface area contributed by atoms with E-state index in [1.54, 1.807) is 6.07 Å². The van der Waals surface area contributed by atoms with Crippen LogP contribution in [0.1, 0.15) is 6.92 Å². The Balaban J connectivity index is 1.87. The number of halogens is 2. The lowest BCUT2D eigenvalue weighted by Crippen LogP contribution is -2.45. The Hall–Kier alpha value is -0.480. The minimum Gasteiger partial charge on any atom is -0.382 e. The van der Waals surface area contributed by atoms with Crippen molar-refractivity contribution in [2.24, 2.45) is 0 Å². The third-order valence-electron chi connectivity index (χ3n) is 3.07. The first-order valence-corrected chi connectivity index (χ1v) is 6.97. The summed E-state index contributed by atoms with van der Waals surface area (Å²) in [6.45, 7) is 6.81. The third kappa shape index (κ3) is 4.02. The van der Waals surface area contributed by atoms with Gasteiger partial charge in [0, 0.05) is 35.4 Å². The van der Waals surface area contributed by atoms with Gasteiger partial charge < -0.3 is 10.1 Å². The summed E-state index contributed by atoms with van der Waals surface area (Å²) in [6.07, 6.45) is 0.219. The maximum Gasteiger partial charge on any atom is 0.0874 e. The Kier molecular flexibility index (Phi) is 5.13. The molecule has 5 heteroatoms. The first-order chi connectivity index (χ1) is 8.67. The van der Waals surface area contributed by atoms with Crippen molar-refractivity contribution < 1.29 is 4.74 Å². The Morgan fingerprint density at radius 3 is 2.72 bits per heavy atom. The number of ether oxygens (including phenoxy) is 1. The smallest absolute Gasteiger partial charge is 0.0874 e. The van der Waals surface area contributed by atoms with Crippen molar-refractivity contribution in [2.75, 3.05) is 38.1 Å². The number of nitrogens with zero attached hydrogens (tertiary/aromatic N) is 1. The molecule has 0 radical (unpaired) electrons. The predicted octanol–water partition coefficient (Wildman–Crippen LogP) is 3.13. The van der Waals surface area contributed by atoms with E-state index in [0.29, 0.717) is 10.0 Å². The second-order valence-corrected chi connectivity index (χ2v) is 5.30. The molecule has 0 bridgehead atoms. The molecular weight excluding hydrogens is 271 g/mol. The second kappa shape index (κ2) is 6.62. The van der Waals surface area contributed by atoms with Crippen LogP contribution in [0.4, 0.5) is 5.69 Å². The van der Waals surface area contributed by atoms with Crippen LogP contribution in [-0.2, 0) is 4.74 Å². The molecule has 18 heavy (non-hydrogen) atoms. The Labute approximate surface area is 118 Å². The van der Waals surface area contributed by atoms with Crippen molar-refractivity contribution in [3.8, 4) is 0 Å². The molecule has 1 aromatic carbocycles. The minimum absolute atomic E-state index is 0.219. The summed E-state index contributed by atoms with van der Waals surface area (Å²) in [4.78, 5) is 2.39. The SMILES string of the molecule is CCN1CCOC(CNc2cc(Cl)cc(Cl)c2)C1. The van der Waals surface area contributed by atoms with Gasteiger partial charge in [-0.15, -0.1) is 0 Å². The fourth-order valence-corrected chi connectivity index (χ4v) is 2.60. The van der Waals surface area contributed by atoms with E-state index in [0.717, 1.165) is 38.5 Å². The molecule has 1 aromatic rings. The minimum atomic E-state index is 0.219. The van der Waals surface area contributed by atoms with Crippen LogP contribution in [0, 0.1) is 0 Å². The van der Waals surface area contributed by atoms with Gasteiger partial charge >= 0.3 is 0 Å². The highest BCUT2D eigenvalue weighted by Crippen LogP contribution is 2.22. The van der Waals surface area contributed by atoms with Crippen LogP contribution in [0.15, 0.2) is 18.2 Å². The topological polar surface area (TPSA) is 24.5 Å². The largest absolute Gasteiger partial charge is 0.382 e. The molecule has 1 heterocycles. The third-order valence-corrected chi connectivity index (χ3v) is 3.50. The predicted molar refractivity (Wildman–Crippen MR) is 76.8 cm³/mol. The zero-order valence-corrected chi connectivity index (χ0v) is 12.0. The highest BCUT2D eigenvalue weighted by atomic mass is 35.5. The molecule has 2 rings (SSSR count). The van der Waals surface area contributed by atoms with Crippen LogP contribution in [0.5, 0.6) is 0 Å². The molecule has 3 nitrogen and oxygen atoms in total. The maximum atomic E-state index is 5.95. The van der Waals surface area contributed by atoms with Gasteiger partial charge in [-0.25, -0.2) is 0 Å². The van der Waals surface area contributed by atoms with Crippen molar-refractivity contribution >= 4 is 28.9 Å². The quantitative estimate of drug-likeness (QED) is 0.921. The zero-order valence-electron chi connectivity index (χ0n) is 10.5. The number of nitrogens with one attached hydrogen (secondary N) is 1. The number of morpholine rings is 1. The summed E-state index contributed by atoms with van der Waals surface area (Å²) < 4.78 is 5.72. The van der Waals surface area contributed by atoms with Crippen LogP contribution in [0.25, 0.3) is 0 Å². The molecule has 0 spiro atoms. The van der Waals surface area contributed by atoms with Gasteiger partial charge in [0.2, 0.25) is 0 Å². The molecule has 0 saturated carbocycles. The highest BCUT2D eigenvalue weighted by Gasteiger charge is 2.18. The summed E-state index contributed by atoms with van der Waals surface area (Å²) in [5, 5.41) is 4.61. The summed E-state index contributed by atoms with van der Waals surface area (Å²) >= 11 is 11.9. The number of anilines is 1. The van der Waals surface area contributed by atoms with E-state index in [2.05, 4.69) is 17.1 Å². The van der Waals surface area contributed by atoms with Crippen molar-refractivity contribution in [1.29, 1.82) is 0 Å². The average Bonchev–Trinajstić information content (AvgIpc) is 2.35. The normalized spacial score (nSPS) is 20.9. The molecular formula is C13H18Cl2N2O. The number of hydrogen-bond donors (Lipinski definition) is 1. The molecule has 1 fully saturated rings. The van der Waals surface area contributed by atoms with Crippen molar-refractivity contribution in [3.63, 3.8) is 0 Å². The monoisotopic (exact) mass is 288 g/mol. The Morgan fingerprint density at radius 1 is 1.33 bits per heavy atom. The molecule has 1 N–H and O–H groups in total. The average molecular weight is 289 g/mol. The van der Waals surface area contributed by atoms with Gasteiger partial charge in [0.25, 0.3) is 0 Å². The first-order valence-electron chi connectivity index (χ1n) is 6.21. The second-order valence-electron chi connectivity index (χ2n) is 4.43. The highest BCUT2D eigenvalue weighted by molar-refractivity contribution is 6.35. The molecule has 1 aliphatic heterocycles. The number of rotatable bonds is 4. The molecule has 100 valence electrons. The van der Waals surface area contributed by atoms with E-state index < -0.39 is 0 Å².